The minimum absolute atomic E-state index is 0.0468. The molecule has 0 spiro atoms. The number of carbonyl (C=O) groups is 2. The molecule has 0 bridgehead atoms. The van der Waals surface area contributed by atoms with Crippen LogP contribution in [0.25, 0.3) is 11.5 Å². The first-order valence-corrected chi connectivity index (χ1v) is 8.79. The number of imide groups is 1. The van der Waals surface area contributed by atoms with Gasteiger partial charge in [0.2, 0.25) is 5.89 Å². The SMILES string of the molecule is CSCCC1NC(=O)N(Cc2coc(-c3ccc(F)cc3)n2)C1=O. The van der Waals surface area contributed by atoms with Crippen LogP contribution in [-0.4, -0.2) is 39.9 Å². The summed E-state index contributed by atoms with van der Waals surface area (Å²) in [6.45, 7) is 0.0468. The van der Waals surface area contributed by atoms with Gasteiger partial charge in [-0.3, -0.25) is 9.69 Å². The van der Waals surface area contributed by atoms with Crippen molar-refractivity contribution in [3.8, 4) is 11.5 Å². The van der Waals surface area contributed by atoms with Gasteiger partial charge in [-0.25, -0.2) is 14.2 Å². The highest BCUT2D eigenvalue weighted by molar-refractivity contribution is 7.98. The minimum atomic E-state index is -0.478. The normalized spacial score (nSPS) is 17.4. The molecular formula is C16H16FN3O3S. The van der Waals surface area contributed by atoms with E-state index in [0.717, 1.165) is 10.7 Å². The fraction of sp³-hybridized carbons (Fsp3) is 0.312. The number of rotatable bonds is 6. The molecule has 1 aromatic carbocycles. The van der Waals surface area contributed by atoms with Gasteiger partial charge in [-0.05, 0) is 42.7 Å². The molecule has 8 heteroatoms. The zero-order chi connectivity index (χ0) is 17.1. The Balaban J connectivity index is 1.69. The number of nitrogens with one attached hydrogen (secondary N) is 1. The Kier molecular flexibility index (Phi) is 4.84. The summed E-state index contributed by atoms with van der Waals surface area (Å²) in [5, 5.41) is 2.68. The van der Waals surface area contributed by atoms with Gasteiger partial charge in [-0.1, -0.05) is 0 Å². The van der Waals surface area contributed by atoms with E-state index in [-0.39, 0.29) is 18.3 Å². The first kappa shape index (κ1) is 16.5. The molecule has 0 radical (unpaired) electrons. The van der Waals surface area contributed by atoms with E-state index in [2.05, 4.69) is 10.3 Å². The fourth-order valence-corrected chi connectivity index (χ4v) is 2.90. The number of hydrogen-bond acceptors (Lipinski definition) is 5. The second-order valence-electron chi connectivity index (χ2n) is 5.36. The molecule has 2 heterocycles. The van der Waals surface area contributed by atoms with E-state index in [1.165, 1.54) is 18.4 Å². The highest BCUT2D eigenvalue weighted by atomic mass is 32.2. The smallest absolute Gasteiger partial charge is 0.325 e. The standard InChI is InChI=1S/C16H16FN3O3S/c1-24-7-6-13-15(21)20(16(22)19-13)8-12-9-23-14(18-12)10-2-4-11(17)5-3-10/h2-5,9,13H,6-8H2,1H3,(H,19,22). The molecule has 1 N–H and O–H groups in total. The first-order chi connectivity index (χ1) is 11.6. The second-order valence-corrected chi connectivity index (χ2v) is 6.34. The lowest BCUT2D eigenvalue weighted by molar-refractivity contribution is -0.127. The fourth-order valence-electron chi connectivity index (χ4n) is 2.42. The van der Waals surface area contributed by atoms with Gasteiger partial charge in [0, 0.05) is 5.56 Å². The molecule has 1 saturated heterocycles. The molecule has 1 aliphatic heterocycles. The Morgan fingerprint density at radius 2 is 2.08 bits per heavy atom. The molecule has 1 atom stereocenters. The lowest BCUT2D eigenvalue weighted by Gasteiger charge is -2.10. The number of carbonyl (C=O) groups excluding carboxylic acids is 2. The number of amides is 3. The van der Waals surface area contributed by atoms with Gasteiger partial charge in [0.1, 0.15) is 18.1 Å². The topological polar surface area (TPSA) is 75.4 Å². The molecule has 3 rings (SSSR count). The maximum absolute atomic E-state index is 12.9. The van der Waals surface area contributed by atoms with Gasteiger partial charge in [-0.15, -0.1) is 0 Å². The Morgan fingerprint density at radius 3 is 2.79 bits per heavy atom. The van der Waals surface area contributed by atoms with Crippen molar-refractivity contribution in [3.63, 3.8) is 0 Å². The van der Waals surface area contributed by atoms with Crippen LogP contribution in [-0.2, 0) is 11.3 Å². The Bertz CT molecular complexity index is 747. The summed E-state index contributed by atoms with van der Waals surface area (Å²) in [4.78, 5) is 29.6. The van der Waals surface area contributed by atoms with Crippen LogP contribution in [0.2, 0.25) is 0 Å². The number of halogens is 1. The van der Waals surface area contributed by atoms with E-state index >= 15 is 0 Å². The van der Waals surface area contributed by atoms with E-state index in [4.69, 9.17) is 4.42 Å². The third kappa shape index (κ3) is 3.43. The molecule has 24 heavy (non-hydrogen) atoms. The van der Waals surface area contributed by atoms with Crippen LogP contribution >= 0.6 is 11.8 Å². The van der Waals surface area contributed by atoms with Crippen molar-refractivity contribution in [2.45, 2.75) is 19.0 Å². The lowest BCUT2D eigenvalue weighted by atomic mass is 10.2. The number of urea groups is 1. The molecule has 1 aromatic heterocycles. The number of nitrogens with zero attached hydrogens (tertiary/aromatic N) is 2. The monoisotopic (exact) mass is 349 g/mol. The molecular weight excluding hydrogens is 333 g/mol. The molecule has 2 aromatic rings. The van der Waals surface area contributed by atoms with Gasteiger partial charge in [0.25, 0.3) is 5.91 Å². The lowest BCUT2D eigenvalue weighted by Crippen LogP contribution is -2.31. The molecule has 126 valence electrons. The molecule has 6 nitrogen and oxygen atoms in total. The van der Waals surface area contributed by atoms with E-state index in [9.17, 15) is 14.0 Å². The predicted molar refractivity (Wildman–Crippen MR) is 87.8 cm³/mol. The molecule has 0 saturated carbocycles. The second kappa shape index (κ2) is 7.04. The maximum atomic E-state index is 12.9. The summed E-state index contributed by atoms with van der Waals surface area (Å²) in [6, 6.07) is 4.83. The quantitative estimate of drug-likeness (QED) is 0.812. The number of thioether (sulfide) groups is 1. The van der Waals surface area contributed by atoms with Crippen LogP contribution in [0.1, 0.15) is 12.1 Å². The van der Waals surface area contributed by atoms with Crippen molar-refractivity contribution in [1.82, 2.24) is 15.2 Å². The summed E-state index contributed by atoms with van der Waals surface area (Å²) >= 11 is 1.62. The molecule has 3 amide bonds. The number of benzene rings is 1. The van der Waals surface area contributed by atoms with Crippen LogP contribution in [0.3, 0.4) is 0 Å². The van der Waals surface area contributed by atoms with Crippen LogP contribution in [0, 0.1) is 5.82 Å². The van der Waals surface area contributed by atoms with Crippen molar-refractivity contribution in [1.29, 1.82) is 0 Å². The van der Waals surface area contributed by atoms with Crippen molar-refractivity contribution in [2.75, 3.05) is 12.0 Å². The molecule has 0 aliphatic carbocycles. The van der Waals surface area contributed by atoms with Gasteiger partial charge >= 0.3 is 6.03 Å². The average Bonchev–Trinajstić information content (AvgIpc) is 3.14. The average molecular weight is 349 g/mol. The van der Waals surface area contributed by atoms with Crippen LogP contribution in [0.5, 0.6) is 0 Å². The maximum Gasteiger partial charge on any atom is 0.325 e. The highest BCUT2D eigenvalue weighted by Gasteiger charge is 2.37. The molecule has 1 unspecified atom stereocenters. The van der Waals surface area contributed by atoms with E-state index < -0.39 is 12.1 Å². The van der Waals surface area contributed by atoms with Crippen molar-refractivity contribution < 1.29 is 18.4 Å². The zero-order valence-corrected chi connectivity index (χ0v) is 13.8. The van der Waals surface area contributed by atoms with E-state index in [0.29, 0.717) is 23.6 Å². The number of oxazole rings is 1. The third-order valence-corrected chi connectivity index (χ3v) is 4.32. The first-order valence-electron chi connectivity index (χ1n) is 7.39. The summed E-state index contributed by atoms with van der Waals surface area (Å²) in [7, 11) is 0. The largest absolute Gasteiger partial charge is 0.444 e. The molecule has 1 aliphatic rings. The minimum Gasteiger partial charge on any atom is -0.444 e. The Labute approximate surface area is 142 Å². The van der Waals surface area contributed by atoms with Crippen LogP contribution < -0.4 is 5.32 Å². The summed E-state index contributed by atoms with van der Waals surface area (Å²) in [6.07, 6.45) is 3.95. The van der Waals surface area contributed by atoms with Crippen LogP contribution in [0.15, 0.2) is 34.9 Å². The van der Waals surface area contributed by atoms with Gasteiger partial charge in [0.05, 0.1) is 12.2 Å². The van der Waals surface area contributed by atoms with Crippen molar-refractivity contribution in [3.05, 3.63) is 42.0 Å². The summed E-state index contributed by atoms with van der Waals surface area (Å²) in [5.41, 5.74) is 1.08. The van der Waals surface area contributed by atoms with Crippen molar-refractivity contribution in [2.24, 2.45) is 0 Å². The third-order valence-electron chi connectivity index (χ3n) is 3.68. The Hall–Kier alpha value is -2.35. The van der Waals surface area contributed by atoms with E-state index in [1.807, 2.05) is 6.26 Å². The van der Waals surface area contributed by atoms with Crippen LogP contribution in [0.4, 0.5) is 9.18 Å². The molecule has 1 fully saturated rings. The number of hydrogen-bond donors (Lipinski definition) is 1. The van der Waals surface area contributed by atoms with E-state index in [1.54, 1.807) is 23.9 Å². The predicted octanol–water partition coefficient (Wildman–Crippen LogP) is 2.65. The van der Waals surface area contributed by atoms with Gasteiger partial charge < -0.3 is 9.73 Å². The summed E-state index contributed by atoms with van der Waals surface area (Å²) < 4.78 is 18.3. The zero-order valence-electron chi connectivity index (χ0n) is 13.0. The Morgan fingerprint density at radius 1 is 1.33 bits per heavy atom. The highest BCUT2D eigenvalue weighted by Crippen LogP contribution is 2.21. The van der Waals surface area contributed by atoms with Crippen molar-refractivity contribution >= 4 is 23.7 Å². The van der Waals surface area contributed by atoms with Gasteiger partial charge in [0.15, 0.2) is 0 Å². The van der Waals surface area contributed by atoms with Gasteiger partial charge in [-0.2, -0.15) is 11.8 Å². The number of aromatic nitrogens is 1. The summed E-state index contributed by atoms with van der Waals surface area (Å²) in [5.74, 6) is 0.515.